The standard InChI is InChI=1S/C19H23N5OS/c1-3-20-17(25)15-8-10-23(11-9-15)19-22-24-12-16(21-18(24)26-19)14-6-4-13(2)5-7-14/h4-7,12,15H,3,8-11H2,1-2H3,(H,20,25). The molecule has 26 heavy (non-hydrogen) atoms. The lowest BCUT2D eigenvalue weighted by Gasteiger charge is -2.30. The SMILES string of the molecule is CCNC(=O)C1CCN(c2nn3cc(-c4ccc(C)cc4)nc3s2)CC1. The zero-order valence-corrected chi connectivity index (χ0v) is 15.9. The Morgan fingerprint density at radius 3 is 2.65 bits per heavy atom. The number of anilines is 1. The third-order valence-corrected chi connectivity index (χ3v) is 5.85. The van der Waals surface area contributed by atoms with Crippen LogP contribution in [-0.4, -0.2) is 40.1 Å². The fraction of sp³-hybridized carbons (Fsp3) is 0.421. The Labute approximate surface area is 156 Å². The molecule has 3 aromatic rings. The zero-order chi connectivity index (χ0) is 18.1. The second-order valence-corrected chi connectivity index (χ2v) is 7.69. The predicted octanol–water partition coefficient (Wildman–Crippen LogP) is 3.12. The summed E-state index contributed by atoms with van der Waals surface area (Å²) in [5.74, 6) is 0.312. The van der Waals surface area contributed by atoms with E-state index in [2.05, 4.69) is 41.4 Å². The molecule has 0 saturated carbocycles. The third kappa shape index (κ3) is 3.31. The first kappa shape index (κ1) is 17.0. The lowest BCUT2D eigenvalue weighted by atomic mass is 9.96. The highest BCUT2D eigenvalue weighted by molar-refractivity contribution is 7.20. The maximum Gasteiger partial charge on any atom is 0.223 e. The maximum absolute atomic E-state index is 12.0. The van der Waals surface area contributed by atoms with E-state index in [1.807, 2.05) is 17.6 Å². The van der Waals surface area contributed by atoms with Gasteiger partial charge in [0.2, 0.25) is 16.0 Å². The molecule has 1 aromatic carbocycles. The summed E-state index contributed by atoms with van der Waals surface area (Å²) in [7, 11) is 0. The number of aryl methyl sites for hydroxylation is 1. The Morgan fingerprint density at radius 2 is 2.00 bits per heavy atom. The summed E-state index contributed by atoms with van der Waals surface area (Å²) < 4.78 is 1.87. The highest BCUT2D eigenvalue weighted by atomic mass is 32.1. The number of nitrogens with one attached hydrogen (secondary N) is 1. The van der Waals surface area contributed by atoms with Gasteiger partial charge in [-0.1, -0.05) is 41.2 Å². The predicted molar refractivity (Wildman–Crippen MR) is 105 cm³/mol. The van der Waals surface area contributed by atoms with Crippen LogP contribution in [0.5, 0.6) is 0 Å². The molecule has 136 valence electrons. The molecular weight excluding hydrogens is 346 g/mol. The lowest BCUT2D eigenvalue weighted by Crippen LogP contribution is -2.40. The van der Waals surface area contributed by atoms with Gasteiger partial charge in [-0.3, -0.25) is 4.79 Å². The molecule has 0 atom stereocenters. The van der Waals surface area contributed by atoms with Crippen molar-refractivity contribution in [3.63, 3.8) is 0 Å². The number of benzene rings is 1. The maximum atomic E-state index is 12.0. The number of fused-ring (bicyclic) bond motifs is 1. The smallest absolute Gasteiger partial charge is 0.223 e. The summed E-state index contributed by atoms with van der Waals surface area (Å²) in [5, 5.41) is 8.62. The van der Waals surface area contributed by atoms with E-state index < -0.39 is 0 Å². The van der Waals surface area contributed by atoms with Gasteiger partial charge >= 0.3 is 0 Å². The Bertz CT molecular complexity index is 874. The molecular formula is C19H23N5OS. The largest absolute Gasteiger partial charge is 0.356 e. The summed E-state index contributed by atoms with van der Waals surface area (Å²) in [6.45, 7) is 6.47. The Hall–Kier alpha value is -2.41. The van der Waals surface area contributed by atoms with E-state index in [9.17, 15) is 4.79 Å². The highest BCUT2D eigenvalue weighted by Crippen LogP contribution is 2.29. The summed E-state index contributed by atoms with van der Waals surface area (Å²) >= 11 is 1.61. The number of hydrogen-bond donors (Lipinski definition) is 1. The van der Waals surface area contributed by atoms with Gasteiger partial charge in [0.05, 0.1) is 11.9 Å². The van der Waals surface area contributed by atoms with E-state index in [0.717, 1.165) is 47.3 Å². The van der Waals surface area contributed by atoms with Gasteiger partial charge in [0, 0.05) is 31.1 Å². The number of carbonyl (C=O) groups is 1. The van der Waals surface area contributed by atoms with Gasteiger partial charge in [-0.2, -0.15) is 0 Å². The average molecular weight is 369 g/mol. The third-order valence-electron chi connectivity index (χ3n) is 4.87. The Balaban J connectivity index is 1.46. The molecule has 1 N–H and O–H groups in total. The minimum Gasteiger partial charge on any atom is -0.356 e. The molecule has 0 spiro atoms. The van der Waals surface area contributed by atoms with Crippen LogP contribution >= 0.6 is 11.3 Å². The molecule has 0 aliphatic carbocycles. The van der Waals surface area contributed by atoms with Crippen molar-refractivity contribution < 1.29 is 4.79 Å². The van der Waals surface area contributed by atoms with E-state index in [-0.39, 0.29) is 11.8 Å². The number of hydrogen-bond acceptors (Lipinski definition) is 5. The van der Waals surface area contributed by atoms with Gasteiger partial charge in [0.25, 0.3) is 0 Å². The monoisotopic (exact) mass is 369 g/mol. The van der Waals surface area contributed by atoms with Crippen molar-refractivity contribution in [2.45, 2.75) is 26.7 Å². The number of piperidine rings is 1. The summed E-state index contributed by atoms with van der Waals surface area (Å²) in [6, 6.07) is 8.38. The van der Waals surface area contributed by atoms with Crippen LogP contribution < -0.4 is 10.2 Å². The summed E-state index contributed by atoms with van der Waals surface area (Å²) in [5.41, 5.74) is 3.30. The first-order valence-electron chi connectivity index (χ1n) is 9.10. The van der Waals surface area contributed by atoms with Gasteiger partial charge in [0.15, 0.2) is 0 Å². The first-order chi connectivity index (χ1) is 12.6. The number of nitrogens with zero attached hydrogens (tertiary/aromatic N) is 4. The second kappa shape index (κ2) is 7.07. The normalized spacial score (nSPS) is 15.5. The summed E-state index contributed by atoms with van der Waals surface area (Å²) in [6.07, 6.45) is 3.74. The molecule has 6 nitrogen and oxygen atoms in total. The van der Waals surface area contributed by atoms with Crippen molar-refractivity contribution >= 4 is 27.3 Å². The van der Waals surface area contributed by atoms with Crippen LogP contribution in [0.3, 0.4) is 0 Å². The molecule has 1 saturated heterocycles. The number of imidazole rings is 1. The van der Waals surface area contributed by atoms with Crippen LogP contribution in [-0.2, 0) is 4.79 Å². The molecule has 4 rings (SSSR count). The number of carbonyl (C=O) groups excluding carboxylic acids is 1. The van der Waals surface area contributed by atoms with Crippen LogP contribution in [0.25, 0.3) is 16.2 Å². The summed E-state index contributed by atoms with van der Waals surface area (Å²) in [4.78, 5) is 19.9. The van der Waals surface area contributed by atoms with Crippen LogP contribution in [0, 0.1) is 12.8 Å². The van der Waals surface area contributed by atoms with Crippen molar-refractivity contribution in [3.8, 4) is 11.3 Å². The van der Waals surface area contributed by atoms with Gasteiger partial charge in [-0.25, -0.2) is 9.50 Å². The van der Waals surface area contributed by atoms with E-state index >= 15 is 0 Å². The number of rotatable bonds is 4. The van der Waals surface area contributed by atoms with Crippen molar-refractivity contribution in [1.82, 2.24) is 19.9 Å². The minimum atomic E-state index is 0.128. The first-order valence-corrected chi connectivity index (χ1v) is 9.91. The van der Waals surface area contributed by atoms with Gasteiger partial charge in [-0.15, -0.1) is 5.10 Å². The molecule has 2 aromatic heterocycles. The van der Waals surface area contributed by atoms with Crippen LogP contribution in [0.2, 0.25) is 0 Å². The number of amides is 1. The van der Waals surface area contributed by atoms with Crippen molar-refractivity contribution in [2.24, 2.45) is 5.92 Å². The zero-order valence-electron chi connectivity index (χ0n) is 15.1. The molecule has 1 fully saturated rings. The molecule has 1 amide bonds. The lowest BCUT2D eigenvalue weighted by molar-refractivity contribution is -0.125. The minimum absolute atomic E-state index is 0.128. The van der Waals surface area contributed by atoms with Gasteiger partial charge < -0.3 is 10.2 Å². The molecule has 7 heteroatoms. The fourth-order valence-corrected chi connectivity index (χ4v) is 4.27. The Morgan fingerprint density at radius 1 is 1.27 bits per heavy atom. The van der Waals surface area contributed by atoms with Gasteiger partial charge in [0.1, 0.15) is 0 Å². The van der Waals surface area contributed by atoms with Crippen molar-refractivity contribution in [1.29, 1.82) is 0 Å². The van der Waals surface area contributed by atoms with E-state index in [1.54, 1.807) is 11.3 Å². The molecule has 0 radical (unpaired) electrons. The molecule has 0 bridgehead atoms. The molecule has 0 unspecified atom stereocenters. The topological polar surface area (TPSA) is 62.5 Å². The number of aromatic nitrogens is 3. The fourth-order valence-electron chi connectivity index (χ4n) is 3.33. The Kier molecular flexibility index (Phi) is 4.63. The van der Waals surface area contributed by atoms with E-state index in [0.29, 0.717) is 6.54 Å². The molecule has 1 aliphatic heterocycles. The van der Waals surface area contributed by atoms with E-state index in [4.69, 9.17) is 10.1 Å². The van der Waals surface area contributed by atoms with Gasteiger partial charge in [-0.05, 0) is 26.7 Å². The van der Waals surface area contributed by atoms with Crippen molar-refractivity contribution in [3.05, 3.63) is 36.0 Å². The second-order valence-electron chi connectivity index (χ2n) is 6.76. The quantitative estimate of drug-likeness (QED) is 0.767. The van der Waals surface area contributed by atoms with Crippen LogP contribution in [0.1, 0.15) is 25.3 Å². The average Bonchev–Trinajstić information content (AvgIpc) is 3.22. The van der Waals surface area contributed by atoms with Crippen molar-refractivity contribution in [2.75, 3.05) is 24.5 Å². The van der Waals surface area contributed by atoms with E-state index in [1.165, 1.54) is 5.56 Å². The molecule has 1 aliphatic rings. The van der Waals surface area contributed by atoms with Crippen LogP contribution in [0.4, 0.5) is 5.13 Å². The molecule has 3 heterocycles. The highest BCUT2D eigenvalue weighted by Gasteiger charge is 2.26. The van der Waals surface area contributed by atoms with Crippen LogP contribution in [0.15, 0.2) is 30.5 Å².